The molecule has 2 aliphatic rings. The van der Waals surface area contributed by atoms with E-state index in [1.807, 2.05) is 47.4 Å². The highest BCUT2D eigenvalue weighted by molar-refractivity contribution is 9.10. The molecule has 2 heterocycles. The summed E-state index contributed by atoms with van der Waals surface area (Å²) < 4.78 is 6.45. The second-order valence-corrected chi connectivity index (χ2v) is 8.77. The predicted molar refractivity (Wildman–Crippen MR) is 120 cm³/mol. The minimum Gasteiger partial charge on any atom is -0.378 e. The van der Waals surface area contributed by atoms with Gasteiger partial charge in [0.25, 0.3) is 5.91 Å². The second-order valence-electron chi connectivity index (χ2n) is 7.86. The van der Waals surface area contributed by atoms with Crippen molar-refractivity contribution in [2.24, 2.45) is 4.99 Å². The van der Waals surface area contributed by atoms with Crippen molar-refractivity contribution < 1.29 is 9.53 Å². The summed E-state index contributed by atoms with van der Waals surface area (Å²) in [5.41, 5.74) is 2.84. The lowest BCUT2D eigenvalue weighted by atomic mass is 9.98. The fraction of sp³-hybridized carbons (Fsp3) is 0.375. The number of hydrogen-bond acceptors (Lipinski definition) is 4. The van der Waals surface area contributed by atoms with Crippen LogP contribution in [0.1, 0.15) is 43.7 Å². The first-order valence-electron chi connectivity index (χ1n) is 10.3. The minimum absolute atomic E-state index is 0.0638. The van der Waals surface area contributed by atoms with Crippen molar-refractivity contribution in [3.8, 4) is 17.2 Å². The number of carbonyl (C=O) groups excluding carboxylic acids is 1. The summed E-state index contributed by atoms with van der Waals surface area (Å²) in [6, 6.07) is 16.0. The first kappa shape index (κ1) is 20.8. The molecule has 0 N–H and O–H groups in total. The van der Waals surface area contributed by atoms with Crippen LogP contribution < -0.4 is 0 Å². The van der Waals surface area contributed by atoms with Crippen LogP contribution in [-0.2, 0) is 16.1 Å². The molecule has 5 nitrogen and oxygen atoms in total. The third-order valence-corrected chi connectivity index (χ3v) is 6.25. The average Bonchev–Trinajstić information content (AvgIpc) is 3.33. The van der Waals surface area contributed by atoms with Gasteiger partial charge in [-0.2, -0.15) is 5.26 Å². The maximum absolute atomic E-state index is 13.2. The van der Waals surface area contributed by atoms with Crippen LogP contribution in [0.25, 0.3) is 11.1 Å². The molecular weight excluding hydrogens is 442 g/mol. The molecule has 2 aromatic carbocycles. The van der Waals surface area contributed by atoms with Crippen LogP contribution in [0, 0.1) is 11.3 Å². The van der Waals surface area contributed by atoms with E-state index in [1.165, 1.54) is 0 Å². The Hall–Kier alpha value is -2.49. The zero-order chi connectivity index (χ0) is 21.1. The van der Waals surface area contributed by atoms with Crippen molar-refractivity contribution in [3.63, 3.8) is 0 Å². The van der Waals surface area contributed by atoms with Crippen molar-refractivity contribution >= 4 is 27.7 Å². The quantitative estimate of drug-likeness (QED) is 0.597. The van der Waals surface area contributed by atoms with Gasteiger partial charge >= 0.3 is 0 Å². The highest BCUT2D eigenvalue weighted by atomic mass is 79.9. The number of nitrogens with zero attached hydrogens (tertiary/aromatic N) is 3. The highest BCUT2D eigenvalue weighted by Gasteiger charge is 2.50. The number of nitriles is 1. The first-order valence-corrected chi connectivity index (χ1v) is 11.1. The summed E-state index contributed by atoms with van der Waals surface area (Å²) in [7, 11) is 0. The maximum atomic E-state index is 13.2. The Labute approximate surface area is 185 Å². The fourth-order valence-corrected chi connectivity index (χ4v) is 4.41. The van der Waals surface area contributed by atoms with Gasteiger partial charge in [0, 0.05) is 29.5 Å². The number of hydrogen-bond donors (Lipinski definition) is 0. The molecule has 0 radical (unpaired) electrons. The number of amides is 1. The largest absolute Gasteiger partial charge is 0.378 e. The molecule has 1 amide bonds. The van der Waals surface area contributed by atoms with Gasteiger partial charge in [0.2, 0.25) is 0 Å². The predicted octanol–water partition coefficient (Wildman–Crippen LogP) is 5.08. The van der Waals surface area contributed by atoms with Crippen LogP contribution in [0.15, 0.2) is 51.9 Å². The highest BCUT2D eigenvalue weighted by Crippen LogP contribution is 2.34. The molecule has 2 aromatic rings. The fourth-order valence-electron chi connectivity index (χ4n) is 4.05. The molecule has 1 unspecified atom stereocenters. The van der Waals surface area contributed by atoms with Gasteiger partial charge in [-0.15, -0.1) is 0 Å². The Kier molecular flexibility index (Phi) is 6.03. The van der Waals surface area contributed by atoms with E-state index in [0.717, 1.165) is 46.3 Å². The van der Waals surface area contributed by atoms with Gasteiger partial charge in [0.1, 0.15) is 5.84 Å². The lowest BCUT2D eigenvalue weighted by Crippen LogP contribution is -2.42. The van der Waals surface area contributed by atoms with Crippen LogP contribution >= 0.6 is 15.9 Å². The summed E-state index contributed by atoms with van der Waals surface area (Å²) in [4.78, 5) is 19.9. The van der Waals surface area contributed by atoms with E-state index in [0.29, 0.717) is 31.7 Å². The third kappa shape index (κ3) is 3.92. The molecular formula is C24H24BrN3O2. The van der Waals surface area contributed by atoms with Crippen LogP contribution in [0.5, 0.6) is 0 Å². The van der Waals surface area contributed by atoms with E-state index in [-0.39, 0.29) is 5.91 Å². The van der Waals surface area contributed by atoms with Gasteiger partial charge in [0.15, 0.2) is 5.54 Å². The molecule has 4 rings (SSSR count). The molecule has 0 aromatic heterocycles. The number of ether oxygens (including phenoxy) is 1. The zero-order valence-electron chi connectivity index (χ0n) is 17.0. The van der Waals surface area contributed by atoms with Crippen molar-refractivity contribution in [3.05, 3.63) is 58.1 Å². The molecule has 1 saturated heterocycles. The number of amidine groups is 1. The Morgan fingerprint density at radius 3 is 2.73 bits per heavy atom. The van der Waals surface area contributed by atoms with Crippen molar-refractivity contribution in [1.82, 2.24) is 4.90 Å². The Balaban J connectivity index is 1.57. The normalized spacial score (nSPS) is 20.6. The number of benzene rings is 2. The number of carbonyl (C=O) groups is 1. The van der Waals surface area contributed by atoms with Crippen LogP contribution in [-0.4, -0.2) is 35.4 Å². The van der Waals surface area contributed by atoms with Crippen LogP contribution in [0.2, 0.25) is 0 Å². The van der Waals surface area contributed by atoms with Gasteiger partial charge in [0.05, 0.1) is 24.8 Å². The smallest absolute Gasteiger partial charge is 0.258 e. The second kappa shape index (κ2) is 8.71. The van der Waals surface area contributed by atoms with Crippen molar-refractivity contribution in [1.29, 1.82) is 5.26 Å². The van der Waals surface area contributed by atoms with E-state index in [9.17, 15) is 10.1 Å². The molecule has 30 heavy (non-hydrogen) atoms. The molecule has 154 valence electrons. The summed E-state index contributed by atoms with van der Waals surface area (Å²) in [5.74, 6) is 0.948. The average molecular weight is 466 g/mol. The maximum Gasteiger partial charge on any atom is 0.258 e. The molecule has 0 saturated carbocycles. The molecule has 1 spiro atoms. The Morgan fingerprint density at radius 1 is 1.27 bits per heavy atom. The lowest BCUT2D eigenvalue weighted by Gasteiger charge is -2.22. The van der Waals surface area contributed by atoms with Crippen molar-refractivity contribution in [2.45, 2.75) is 44.7 Å². The van der Waals surface area contributed by atoms with E-state index in [2.05, 4.69) is 28.9 Å². The number of rotatable bonds is 6. The molecule has 6 heteroatoms. The van der Waals surface area contributed by atoms with E-state index >= 15 is 0 Å². The van der Waals surface area contributed by atoms with Gasteiger partial charge in [-0.25, -0.2) is 0 Å². The standard InChI is InChI=1S/C24H24BrN3O2/c1-2-3-4-22-27-24(11-12-30-16-24)23(29)28(22)15-17-5-7-18(8-6-17)21-13-20(25)10-9-19(21)14-26/h5-10,13H,2-4,11-12,15-16H2,1H3. The summed E-state index contributed by atoms with van der Waals surface area (Å²) in [5, 5.41) is 9.41. The lowest BCUT2D eigenvalue weighted by molar-refractivity contribution is -0.131. The first-order chi connectivity index (χ1) is 14.6. The number of aliphatic imine (C=N–C) groups is 1. The van der Waals surface area contributed by atoms with E-state index < -0.39 is 5.54 Å². The molecule has 1 atom stereocenters. The monoisotopic (exact) mass is 465 g/mol. The SMILES string of the molecule is CCCCC1=NC2(CCOC2)C(=O)N1Cc1ccc(-c2cc(Br)ccc2C#N)cc1. The van der Waals surface area contributed by atoms with Crippen LogP contribution in [0.3, 0.4) is 0 Å². The minimum atomic E-state index is -0.707. The topological polar surface area (TPSA) is 65.7 Å². The third-order valence-electron chi connectivity index (χ3n) is 5.76. The zero-order valence-corrected chi connectivity index (χ0v) is 18.6. The molecule has 0 bridgehead atoms. The number of unbranched alkanes of at least 4 members (excludes halogenated alkanes) is 1. The van der Waals surface area contributed by atoms with E-state index in [1.54, 1.807) is 0 Å². The Morgan fingerprint density at radius 2 is 2.07 bits per heavy atom. The number of halogens is 1. The molecule has 0 aliphatic carbocycles. The molecule has 2 aliphatic heterocycles. The van der Waals surface area contributed by atoms with Gasteiger partial charge in [-0.3, -0.25) is 14.7 Å². The van der Waals surface area contributed by atoms with Crippen LogP contribution in [0.4, 0.5) is 0 Å². The van der Waals surface area contributed by atoms with E-state index in [4.69, 9.17) is 9.73 Å². The summed E-state index contributed by atoms with van der Waals surface area (Å²) in [6.07, 6.45) is 3.55. The summed E-state index contributed by atoms with van der Waals surface area (Å²) >= 11 is 3.48. The molecule has 1 fully saturated rings. The van der Waals surface area contributed by atoms with Crippen molar-refractivity contribution in [2.75, 3.05) is 13.2 Å². The van der Waals surface area contributed by atoms with Gasteiger partial charge in [-0.1, -0.05) is 53.5 Å². The Bertz CT molecular complexity index is 1020. The summed E-state index contributed by atoms with van der Waals surface area (Å²) in [6.45, 7) is 3.63. The van der Waals surface area contributed by atoms with Gasteiger partial charge in [-0.05, 0) is 35.7 Å². The van der Waals surface area contributed by atoms with Gasteiger partial charge < -0.3 is 4.74 Å².